The Morgan fingerprint density at radius 1 is 1.00 bits per heavy atom. The predicted molar refractivity (Wildman–Crippen MR) is 106 cm³/mol. The van der Waals surface area contributed by atoms with Gasteiger partial charge in [-0.1, -0.05) is 35.9 Å². The third kappa shape index (κ3) is 4.27. The molecule has 0 unspecified atom stereocenters. The van der Waals surface area contributed by atoms with E-state index in [1.54, 1.807) is 6.92 Å². The van der Waals surface area contributed by atoms with Crippen LogP contribution in [0.4, 0.5) is 0 Å². The molecule has 2 aromatic carbocycles. The minimum atomic E-state index is -0.531. The molecule has 26 heavy (non-hydrogen) atoms. The number of amides is 1. The third-order valence-electron chi connectivity index (χ3n) is 5.23. The Morgan fingerprint density at radius 3 is 2.46 bits per heavy atom. The molecule has 1 N–H and O–H groups in total. The van der Waals surface area contributed by atoms with Gasteiger partial charge in [0, 0.05) is 0 Å². The molecule has 1 amide bonds. The van der Waals surface area contributed by atoms with Gasteiger partial charge in [-0.05, 0) is 81.7 Å². The molecule has 1 aliphatic carbocycles. The second-order valence-electron chi connectivity index (χ2n) is 7.49. The summed E-state index contributed by atoms with van der Waals surface area (Å²) >= 11 is 0. The molecule has 0 saturated heterocycles. The van der Waals surface area contributed by atoms with Crippen molar-refractivity contribution in [2.75, 3.05) is 0 Å². The summed E-state index contributed by atoms with van der Waals surface area (Å²) in [5.74, 6) is 0.676. The topological polar surface area (TPSA) is 38.3 Å². The van der Waals surface area contributed by atoms with E-state index in [4.69, 9.17) is 4.74 Å². The van der Waals surface area contributed by atoms with Crippen LogP contribution >= 0.6 is 0 Å². The molecule has 2 atom stereocenters. The summed E-state index contributed by atoms with van der Waals surface area (Å²) in [4.78, 5) is 12.6. The van der Waals surface area contributed by atoms with Gasteiger partial charge in [0.05, 0.1) is 6.04 Å². The van der Waals surface area contributed by atoms with Gasteiger partial charge in [0.2, 0.25) is 0 Å². The Labute approximate surface area is 156 Å². The normalized spacial score (nSPS) is 15.7. The maximum atomic E-state index is 12.6. The van der Waals surface area contributed by atoms with Gasteiger partial charge in [-0.2, -0.15) is 0 Å². The summed E-state index contributed by atoms with van der Waals surface area (Å²) in [5.41, 5.74) is 6.30. The van der Waals surface area contributed by atoms with E-state index >= 15 is 0 Å². The molecule has 3 heteroatoms. The lowest BCUT2D eigenvalue weighted by Crippen LogP contribution is -2.37. The van der Waals surface area contributed by atoms with Crippen molar-refractivity contribution in [3.05, 3.63) is 64.2 Å². The first-order valence-corrected chi connectivity index (χ1v) is 9.60. The van der Waals surface area contributed by atoms with E-state index in [0.717, 1.165) is 23.3 Å². The van der Waals surface area contributed by atoms with E-state index in [0.29, 0.717) is 0 Å². The van der Waals surface area contributed by atoms with Crippen molar-refractivity contribution >= 4 is 5.91 Å². The van der Waals surface area contributed by atoms with Gasteiger partial charge in [-0.3, -0.25) is 4.79 Å². The lowest BCUT2D eigenvalue weighted by molar-refractivity contribution is -0.127. The molecule has 0 fully saturated rings. The van der Waals surface area contributed by atoms with Crippen molar-refractivity contribution in [2.24, 2.45) is 0 Å². The quantitative estimate of drug-likeness (QED) is 0.838. The molecule has 0 aliphatic heterocycles. The van der Waals surface area contributed by atoms with Crippen LogP contribution in [0.5, 0.6) is 5.75 Å². The third-order valence-corrected chi connectivity index (χ3v) is 5.23. The Morgan fingerprint density at radius 2 is 1.73 bits per heavy atom. The number of ether oxygens (including phenoxy) is 1. The number of carbonyl (C=O) groups excluding carboxylic acids is 1. The maximum absolute atomic E-state index is 12.6. The van der Waals surface area contributed by atoms with Gasteiger partial charge in [0.25, 0.3) is 5.91 Å². The lowest BCUT2D eigenvalue weighted by Gasteiger charge is -2.22. The lowest BCUT2D eigenvalue weighted by atomic mass is 9.89. The molecule has 0 saturated carbocycles. The van der Waals surface area contributed by atoms with Gasteiger partial charge in [0.1, 0.15) is 5.75 Å². The van der Waals surface area contributed by atoms with Crippen LogP contribution in [0.2, 0.25) is 0 Å². The van der Waals surface area contributed by atoms with Crippen LogP contribution in [-0.4, -0.2) is 12.0 Å². The molecule has 2 aromatic rings. The molecule has 138 valence electrons. The fraction of sp³-hybridized carbons (Fsp3) is 0.435. The highest BCUT2D eigenvalue weighted by Gasteiger charge is 2.19. The zero-order valence-electron chi connectivity index (χ0n) is 16.3. The van der Waals surface area contributed by atoms with Gasteiger partial charge >= 0.3 is 0 Å². The summed E-state index contributed by atoms with van der Waals surface area (Å²) in [6.07, 6.45) is 4.34. The van der Waals surface area contributed by atoms with Crippen LogP contribution in [0.1, 0.15) is 60.5 Å². The fourth-order valence-electron chi connectivity index (χ4n) is 3.61. The van der Waals surface area contributed by atoms with Gasteiger partial charge in [-0.25, -0.2) is 0 Å². The average Bonchev–Trinajstić information content (AvgIpc) is 2.63. The largest absolute Gasteiger partial charge is 0.481 e. The maximum Gasteiger partial charge on any atom is 0.261 e. The predicted octanol–water partition coefficient (Wildman–Crippen LogP) is 4.83. The zero-order chi connectivity index (χ0) is 18.7. The smallest absolute Gasteiger partial charge is 0.261 e. The number of benzene rings is 2. The van der Waals surface area contributed by atoms with E-state index < -0.39 is 6.10 Å². The van der Waals surface area contributed by atoms with E-state index in [9.17, 15) is 4.79 Å². The summed E-state index contributed by atoms with van der Waals surface area (Å²) in [6.45, 7) is 7.89. The number of nitrogens with one attached hydrogen (secondary N) is 1. The van der Waals surface area contributed by atoms with E-state index in [1.807, 2.05) is 32.9 Å². The molecule has 0 bridgehead atoms. The van der Waals surface area contributed by atoms with E-state index in [-0.39, 0.29) is 11.9 Å². The summed E-state index contributed by atoms with van der Waals surface area (Å²) in [5, 5.41) is 3.09. The van der Waals surface area contributed by atoms with Crippen LogP contribution in [0.3, 0.4) is 0 Å². The van der Waals surface area contributed by atoms with Crippen LogP contribution < -0.4 is 10.1 Å². The highest BCUT2D eigenvalue weighted by atomic mass is 16.5. The number of fused-ring (bicyclic) bond motifs is 1. The Kier molecular flexibility index (Phi) is 5.65. The average molecular weight is 351 g/mol. The van der Waals surface area contributed by atoms with Crippen LogP contribution in [-0.2, 0) is 17.6 Å². The molecule has 0 spiro atoms. The van der Waals surface area contributed by atoms with Crippen LogP contribution in [0.25, 0.3) is 0 Å². The standard InChI is InChI=1S/C23H29NO2/c1-15-9-12-22(16(2)13-15)26-18(4)23(25)24-17(3)20-11-10-19-7-5-6-8-21(19)14-20/h9-14,17-18H,5-8H2,1-4H3,(H,24,25)/t17-,18-/m0/s1. The number of rotatable bonds is 5. The SMILES string of the molecule is Cc1ccc(O[C@@H](C)C(=O)N[C@@H](C)c2ccc3c(c2)CCCC3)c(C)c1. The van der Waals surface area contributed by atoms with Crippen molar-refractivity contribution in [1.82, 2.24) is 5.32 Å². The van der Waals surface area contributed by atoms with Crippen molar-refractivity contribution in [1.29, 1.82) is 0 Å². The monoisotopic (exact) mass is 351 g/mol. The van der Waals surface area contributed by atoms with Gasteiger partial charge in [-0.15, -0.1) is 0 Å². The minimum Gasteiger partial charge on any atom is -0.481 e. The first-order valence-electron chi connectivity index (χ1n) is 9.60. The van der Waals surface area contributed by atoms with Gasteiger partial charge < -0.3 is 10.1 Å². The Hall–Kier alpha value is -2.29. The molecule has 0 aromatic heterocycles. The first-order chi connectivity index (χ1) is 12.4. The number of hydrogen-bond acceptors (Lipinski definition) is 2. The molecule has 0 heterocycles. The van der Waals surface area contributed by atoms with Crippen LogP contribution in [0, 0.1) is 13.8 Å². The second kappa shape index (κ2) is 7.94. The second-order valence-corrected chi connectivity index (χ2v) is 7.49. The highest BCUT2D eigenvalue weighted by Crippen LogP contribution is 2.25. The van der Waals surface area contributed by atoms with Crippen molar-refractivity contribution in [3.63, 3.8) is 0 Å². The molecule has 3 rings (SSSR count). The summed E-state index contributed by atoms with van der Waals surface area (Å²) in [6, 6.07) is 12.6. The highest BCUT2D eigenvalue weighted by molar-refractivity contribution is 5.81. The molecular weight excluding hydrogens is 322 g/mol. The number of hydrogen-bond donors (Lipinski definition) is 1. The fourth-order valence-corrected chi connectivity index (χ4v) is 3.61. The molecule has 1 aliphatic rings. The van der Waals surface area contributed by atoms with Crippen molar-refractivity contribution < 1.29 is 9.53 Å². The van der Waals surface area contributed by atoms with Crippen molar-refractivity contribution in [3.8, 4) is 5.75 Å². The Bertz CT molecular complexity index is 797. The van der Waals surface area contributed by atoms with E-state index in [1.165, 1.54) is 36.0 Å². The summed E-state index contributed by atoms with van der Waals surface area (Å²) in [7, 11) is 0. The molecular formula is C23H29NO2. The first kappa shape index (κ1) is 18.5. The number of aryl methyl sites for hydroxylation is 4. The molecule has 0 radical (unpaired) electrons. The van der Waals surface area contributed by atoms with E-state index in [2.05, 4.69) is 29.6 Å². The number of carbonyl (C=O) groups is 1. The Balaban J connectivity index is 1.63. The summed E-state index contributed by atoms with van der Waals surface area (Å²) < 4.78 is 5.88. The van der Waals surface area contributed by atoms with Crippen molar-refractivity contribution in [2.45, 2.75) is 65.5 Å². The van der Waals surface area contributed by atoms with Gasteiger partial charge in [0.15, 0.2) is 6.10 Å². The van der Waals surface area contributed by atoms with Crippen LogP contribution in [0.15, 0.2) is 36.4 Å². The minimum absolute atomic E-state index is 0.0279. The molecule has 3 nitrogen and oxygen atoms in total. The zero-order valence-corrected chi connectivity index (χ0v) is 16.3.